The van der Waals surface area contributed by atoms with E-state index in [2.05, 4.69) is 306 Å². The Hall–Kier alpha value is -11.8. The van der Waals surface area contributed by atoms with Gasteiger partial charge in [0.05, 0.1) is 33.5 Å². The number of nitrogens with zero attached hydrogens (tertiary/aromatic N) is 5. The molecule has 0 amide bonds. The van der Waals surface area contributed by atoms with Crippen molar-refractivity contribution in [2.45, 2.75) is 0 Å². The highest BCUT2D eigenvalue weighted by atomic mass is 15.1. The van der Waals surface area contributed by atoms with Crippen LogP contribution in [-0.2, 0) is 0 Å². The van der Waals surface area contributed by atoms with Crippen molar-refractivity contribution in [3.63, 3.8) is 0 Å². The summed E-state index contributed by atoms with van der Waals surface area (Å²) in [6, 6.07) is 116. The van der Waals surface area contributed by atoms with E-state index in [0.29, 0.717) is 5.82 Å². The molecule has 5 heteroatoms. The summed E-state index contributed by atoms with van der Waals surface area (Å²) in [7, 11) is 0. The van der Waals surface area contributed by atoms with E-state index in [1.165, 1.54) is 87.5 Å². The van der Waals surface area contributed by atoms with Crippen molar-refractivity contribution < 1.29 is 0 Å². The third kappa shape index (κ3) is 8.75. The van der Waals surface area contributed by atoms with Crippen molar-refractivity contribution in [1.82, 2.24) is 24.1 Å². The predicted octanol–water partition coefficient (Wildman–Crippen LogP) is 21.7. The summed E-state index contributed by atoms with van der Waals surface area (Å²) < 4.78 is 4.68. The summed E-state index contributed by atoms with van der Waals surface area (Å²) in [5.41, 5.74) is 22.0. The van der Waals surface area contributed by atoms with Crippen molar-refractivity contribution in [1.29, 1.82) is 0 Å². The lowest BCUT2D eigenvalue weighted by Gasteiger charge is -2.18. The predicted molar refractivity (Wildman–Crippen MR) is 367 cm³/mol. The summed E-state index contributed by atoms with van der Waals surface area (Å²) in [6.07, 6.45) is 0. The van der Waals surface area contributed by atoms with Gasteiger partial charge in [0.15, 0.2) is 5.82 Å². The lowest BCUT2D eigenvalue weighted by Crippen LogP contribution is -1.98. The molecule has 0 bridgehead atoms. The molecule has 3 aromatic heterocycles. The molecule has 0 aliphatic carbocycles. The maximum absolute atomic E-state index is 5.12. The van der Waals surface area contributed by atoms with Gasteiger partial charge >= 0.3 is 0 Å². The molecule has 88 heavy (non-hydrogen) atoms. The summed E-state index contributed by atoms with van der Waals surface area (Å²) in [6.45, 7) is 0. The second-order valence-corrected chi connectivity index (χ2v) is 22.7. The van der Waals surface area contributed by atoms with Gasteiger partial charge in [-0.1, -0.05) is 243 Å². The first-order valence-corrected chi connectivity index (χ1v) is 30.0. The van der Waals surface area contributed by atoms with Crippen molar-refractivity contribution in [2.75, 3.05) is 0 Å². The number of para-hydroxylation sites is 3. The number of benzene rings is 14. The van der Waals surface area contributed by atoms with Crippen LogP contribution in [0.4, 0.5) is 0 Å². The van der Waals surface area contributed by atoms with E-state index in [4.69, 9.17) is 15.0 Å². The van der Waals surface area contributed by atoms with Gasteiger partial charge in [0.2, 0.25) is 0 Å². The number of fused-ring (bicyclic) bond motifs is 7. The van der Waals surface area contributed by atoms with Crippen LogP contribution >= 0.6 is 0 Å². The zero-order valence-corrected chi connectivity index (χ0v) is 47.8. The van der Waals surface area contributed by atoms with Gasteiger partial charge in [-0.25, -0.2) is 15.0 Å². The number of aromatic nitrogens is 5. The van der Waals surface area contributed by atoms with E-state index in [1.807, 2.05) is 24.3 Å². The molecule has 5 nitrogen and oxygen atoms in total. The van der Waals surface area contributed by atoms with E-state index in [1.54, 1.807) is 0 Å². The molecule has 0 N–H and O–H groups in total. The number of rotatable bonds is 10. The minimum Gasteiger partial charge on any atom is -0.309 e. The van der Waals surface area contributed by atoms with Crippen LogP contribution in [0.15, 0.2) is 322 Å². The molecule has 0 saturated carbocycles. The van der Waals surface area contributed by atoms with E-state index in [9.17, 15) is 0 Å². The van der Waals surface area contributed by atoms with E-state index < -0.39 is 0 Å². The van der Waals surface area contributed by atoms with Gasteiger partial charge < -0.3 is 4.57 Å². The van der Waals surface area contributed by atoms with E-state index in [-0.39, 0.29) is 0 Å². The fourth-order valence-electron chi connectivity index (χ4n) is 13.3. The largest absolute Gasteiger partial charge is 0.309 e. The normalized spacial score (nSPS) is 11.6. The van der Waals surface area contributed by atoms with Crippen LogP contribution in [0.1, 0.15) is 0 Å². The Labute approximate surface area is 509 Å². The Morgan fingerprint density at radius 1 is 0.216 bits per heavy atom. The average molecular weight is 1120 g/mol. The quantitative estimate of drug-likeness (QED) is 0.128. The lowest BCUT2D eigenvalue weighted by molar-refractivity contribution is 1.10. The second kappa shape index (κ2) is 21.1. The highest BCUT2D eigenvalue weighted by Crippen LogP contribution is 2.45. The molecule has 0 fully saturated rings. The maximum Gasteiger partial charge on any atom is 0.160 e. The van der Waals surface area contributed by atoms with Crippen LogP contribution in [0.25, 0.3) is 166 Å². The molecule has 0 saturated heterocycles. The summed E-state index contributed by atoms with van der Waals surface area (Å²) >= 11 is 0. The van der Waals surface area contributed by atoms with Gasteiger partial charge in [-0.3, -0.25) is 4.57 Å². The zero-order chi connectivity index (χ0) is 58.1. The molecule has 17 aromatic rings. The SMILES string of the molecule is c1ccc(-c2cc(-c3cccc(-c4ccc(-n5c6ccccc6c6cc(-c7ccc8cc(-c9c%10ccccc%10c(-c%10ccc(-n%11c(-c%12ccccc%12)nc%12ccccc%12%11)cc%10)c%10ccccc9%10)ccc8c7)ccc65)cc4)c3)nc(-c3ccccc3)n2)cc1. The fraction of sp³-hybridized carbons (Fsp3) is 0. The molecule has 3 heterocycles. The van der Waals surface area contributed by atoms with Gasteiger partial charge in [-0.2, -0.15) is 0 Å². The Balaban J connectivity index is 0.685. The standard InChI is InChI=1S/C83H53N5/c1-4-19-55(20-5-1)75-53-76(85-82(84-75)57-21-6-2-7-22-57)64-26-18-25-59(50-64)54-39-44-66(45-40-54)87-77-33-16-14-27-68(77)73-52-63(43-48-78(73)87)61-35-36-62-51-65(38-37-60(62)49-61)81-71-30-12-10-28-69(71)80(70-29-11-13-31-72(70)81)56-41-46-67(47-42-56)88-79-34-17-15-32-74(79)86-83(88)58-23-8-3-9-24-58/h1-53H. The molecule has 0 radical (unpaired) electrons. The second-order valence-electron chi connectivity index (χ2n) is 22.7. The molecule has 0 aliphatic heterocycles. The summed E-state index contributed by atoms with van der Waals surface area (Å²) in [4.78, 5) is 15.3. The topological polar surface area (TPSA) is 48.5 Å². The van der Waals surface area contributed by atoms with Crippen LogP contribution in [0.3, 0.4) is 0 Å². The highest BCUT2D eigenvalue weighted by Gasteiger charge is 2.21. The van der Waals surface area contributed by atoms with Gasteiger partial charge in [-0.15, -0.1) is 0 Å². The van der Waals surface area contributed by atoms with Crippen LogP contribution in [0, 0.1) is 0 Å². The van der Waals surface area contributed by atoms with Crippen molar-refractivity contribution in [3.05, 3.63) is 322 Å². The van der Waals surface area contributed by atoms with E-state index >= 15 is 0 Å². The molecule has 0 spiro atoms. The zero-order valence-electron chi connectivity index (χ0n) is 47.8. The Morgan fingerprint density at radius 3 is 1.33 bits per heavy atom. The van der Waals surface area contributed by atoms with Crippen LogP contribution in [0.2, 0.25) is 0 Å². The molecule has 0 atom stereocenters. The maximum atomic E-state index is 5.12. The van der Waals surface area contributed by atoms with Crippen LogP contribution in [-0.4, -0.2) is 24.1 Å². The van der Waals surface area contributed by atoms with Crippen molar-refractivity contribution in [3.8, 4) is 101 Å². The fourth-order valence-corrected chi connectivity index (χ4v) is 13.3. The van der Waals surface area contributed by atoms with E-state index in [0.717, 1.165) is 73.0 Å². The summed E-state index contributed by atoms with van der Waals surface area (Å²) in [5, 5.41) is 9.75. The van der Waals surface area contributed by atoms with Gasteiger partial charge in [0, 0.05) is 44.4 Å². The Bertz CT molecular complexity index is 5420. The first-order valence-electron chi connectivity index (χ1n) is 30.0. The lowest BCUT2D eigenvalue weighted by atomic mass is 9.85. The monoisotopic (exact) mass is 1120 g/mol. The summed E-state index contributed by atoms with van der Waals surface area (Å²) in [5.74, 6) is 1.63. The van der Waals surface area contributed by atoms with Gasteiger partial charge in [0.25, 0.3) is 0 Å². The minimum absolute atomic E-state index is 0.705. The Kier molecular flexibility index (Phi) is 12.1. The molecule has 14 aromatic carbocycles. The third-order valence-corrected chi connectivity index (χ3v) is 17.5. The number of hydrogen-bond acceptors (Lipinski definition) is 3. The van der Waals surface area contributed by atoms with Gasteiger partial charge in [-0.05, 0) is 156 Å². The van der Waals surface area contributed by atoms with Crippen molar-refractivity contribution in [2.24, 2.45) is 0 Å². The van der Waals surface area contributed by atoms with Gasteiger partial charge in [0.1, 0.15) is 5.82 Å². The molecular formula is C83H53N5. The average Bonchev–Trinajstić information content (AvgIpc) is 1.38. The molecular weight excluding hydrogens is 1070 g/mol. The molecule has 0 unspecified atom stereocenters. The number of hydrogen-bond donors (Lipinski definition) is 0. The molecule has 410 valence electrons. The Morgan fingerprint density at radius 2 is 0.659 bits per heavy atom. The smallest absolute Gasteiger partial charge is 0.160 e. The number of imidazole rings is 1. The minimum atomic E-state index is 0.705. The van der Waals surface area contributed by atoms with Crippen LogP contribution in [0.5, 0.6) is 0 Å². The molecule has 0 aliphatic rings. The third-order valence-electron chi connectivity index (χ3n) is 17.5. The van der Waals surface area contributed by atoms with Crippen molar-refractivity contribution >= 4 is 65.2 Å². The van der Waals surface area contributed by atoms with Crippen LogP contribution < -0.4 is 0 Å². The highest BCUT2D eigenvalue weighted by molar-refractivity contribution is 6.22. The first-order chi connectivity index (χ1) is 43.6. The molecule has 17 rings (SSSR count). The first kappa shape index (κ1) is 50.7.